The number of nitrogens with one attached hydrogen (secondary N) is 1. The maximum absolute atomic E-state index is 14.7. The second-order valence-corrected chi connectivity index (χ2v) is 7.23. The lowest BCUT2D eigenvalue weighted by Gasteiger charge is -2.32. The van der Waals surface area contributed by atoms with E-state index < -0.39 is 5.82 Å². The fraction of sp³-hybridized carbons (Fsp3) is 0.364. The molecule has 0 radical (unpaired) electrons. The first kappa shape index (κ1) is 22.8. The summed E-state index contributed by atoms with van der Waals surface area (Å²) in [6, 6.07) is 12.5. The molecule has 2 aromatic rings. The van der Waals surface area contributed by atoms with Crippen molar-refractivity contribution in [2.75, 3.05) is 26.2 Å². The predicted molar refractivity (Wildman–Crippen MR) is 115 cm³/mol. The molecular formula is C22H27ClFN3O2. The van der Waals surface area contributed by atoms with Crippen LogP contribution in [0.3, 0.4) is 0 Å². The van der Waals surface area contributed by atoms with Gasteiger partial charge in [-0.2, -0.15) is 0 Å². The molecule has 5 nitrogen and oxygen atoms in total. The Bertz CT molecular complexity index is 858. The zero-order chi connectivity index (χ0) is 20.1. The minimum atomic E-state index is -0.544. The van der Waals surface area contributed by atoms with Crippen molar-refractivity contribution in [3.8, 4) is 11.1 Å². The number of halogens is 2. The number of rotatable bonds is 5. The van der Waals surface area contributed by atoms with E-state index in [1.165, 1.54) is 12.1 Å². The van der Waals surface area contributed by atoms with Crippen LogP contribution >= 0.6 is 12.4 Å². The van der Waals surface area contributed by atoms with Crippen molar-refractivity contribution in [2.45, 2.75) is 19.8 Å². The van der Waals surface area contributed by atoms with E-state index in [0.717, 1.165) is 29.5 Å². The number of benzene rings is 2. The van der Waals surface area contributed by atoms with Gasteiger partial charge in [-0.05, 0) is 43.0 Å². The molecule has 0 spiro atoms. The van der Waals surface area contributed by atoms with Crippen LogP contribution in [0.4, 0.5) is 4.39 Å². The van der Waals surface area contributed by atoms with E-state index in [0.29, 0.717) is 26.2 Å². The summed E-state index contributed by atoms with van der Waals surface area (Å²) in [5, 5.41) is 2.77. The lowest BCUT2D eigenvalue weighted by molar-refractivity contribution is -0.126. The fourth-order valence-corrected chi connectivity index (χ4v) is 3.50. The van der Waals surface area contributed by atoms with Crippen molar-refractivity contribution in [1.82, 2.24) is 10.2 Å². The summed E-state index contributed by atoms with van der Waals surface area (Å²) in [4.78, 5) is 26.6. The number of amides is 2. The highest BCUT2D eigenvalue weighted by molar-refractivity contribution is 5.95. The SMILES string of the molecule is Cc1ccc(-c2ccc(C(=O)N3CCCC(C(=O)NCCN)C3)c(F)c2)cc1.Cl. The van der Waals surface area contributed by atoms with Gasteiger partial charge in [0.1, 0.15) is 5.82 Å². The number of nitrogens with two attached hydrogens (primary N) is 1. The smallest absolute Gasteiger partial charge is 0.256 e. The molecular weight excluding hydrogens is 393 g/mol. The highest BCUT2D eigenvalue weighted by Crippen LogP contribution is 2.25. The summed E-state index contributed by atoms with van der Waals surface area (Å²) in [5.41, 5.74) is 8.22. The number of hydrogen-bond acceptors (Lipinski definition) is 3. The van der Waals surface area contributed by atoms with Crippen molar-refractivity contribution in [3.05, 3.63) is 59.4 Å². The van der Waals surface area contributed by atoms with Crippen LogP contribution in [0.1, 0.15) is 28.8 Å². The fourth-order valence-electron chi connectivity index (χ4n) is 3.50. The van der Waals surface area contributed by atoms with Gasteiger partial charge in [0.25, 0.3) is 5.91 Å². The molecule has 3 N–H and O–H groups in total. The van der Waals surface area contributed by atoms with Crippen LogP contribution in [0, 0.1) is 18.7 Å². The molecule has 0 aliphatic carbocycles. The molecule has 1 fully saturated rings. The molecule has 1 unspecified atom stereocenters. The highest BCUT2D eigenvalue weighted by Gasteiger charge is 2.29. The first-order chi connectivity index (χ1) is 13.5. The molecule has 1 heterocycles. The van der Waals surface area contributed by atoms with Crippen molar-refractivity contribution in [1.29, 1.82) is 0 Å². The number of hydrogen-bond donors (Lipinski definition) is 2. The monoisotopic (exact) mass is 419 g/mol. The van der Waals surface area contributed by atoms with Gasteiger partial charge in [-0.15, -0.1) is 12.4 Å². The molecule has 0 saturated carbocycles. The van der Waals surface area contributed by atoms with Crippen LogP contribution in [0.25, 0.3) is 11.1 Å². The third kappa shape index (κ3) is 5.55. The van der Waals surface area contributed by atoms with E-state index in [2.05, 4.69) is 5.32 Å². The van der Waals surface area contributed by atoms with Crippen LogP contribution in [-0.2, 0) is 4.79 Å². The average Bonchev–Trinajstić information content (AvgIpc) is 2.72. The topological polar surface area (TPSA) is 75.4 Å². The van der Waals surface area contributed by atoms with Gasteiger partial charge in [0.15, 0.2) is 0 Å². The maximum atomic E-state index is 14.7. The molecule has 2 aromatic carbocycles. The van der Waals surface area contributed by atoms with Gasteiger partial charge >= 0.3 is 0 Å². The minimum Gasteiger partial charge on any atom is -0.355 e. The van der Waals surface area contributed by atoms with E-state index in [4.69, 9.17) is 5.73 Å². The number of aryl methyl sites for hydroxylation is 1. The summed E-state index contributed by atoms with van der Waals surface area (Å²) < 4.78 is 14.7. The van der Waals surface area contributed by atoms with Gasteiger partial charge in [0.2, 0.25) is 5.91 Å². The molecule has 1 saturated heterocycles. The number of carbonyl (C=O) groups excluding carboxylic acids is 2. The van der Waals surface area contributed by atoms with Crippen LogP contribution in [0.15, 0.2) is 42.5 Å². The lowest BCUT2D eigenvalue weighted by Crippen LogP contribution is -2.46. The van der Waals surface area contributed by atoms with Crippen molar-refractivity contribution < 1.29 is 14.0 Å². The largest absolute Gasteiger partial charge is 0.355 e. The summed E-state index contributed by atoms with van der Waals surface area (Å²) in [6.45, 7) is 3.61. The molecule has 29 heavy (non-hydrogen) atoms. The highest BCUT2D eigenvalue weighted by atomic mass is 35.5. The number of piperidine rings is 1. The lowest BCUT2D eigenvalue weighted by atomic mass is 9.96. The van der Waals surface area contributed by atoms with Gasteiger partial charge in [-0.1, -0.05) is 35.9 Å². The van der Waals surface area contributed by atoms with Gasteiger partial charge < -0.3 is 16.0 Å². The minimum absolute atomic E-state index is 0. The Morgan fingerprint density at radius 3 is 2.52 bits per heavy atom. The number of nitrogens with zero attached hydrogens (tertiary/aromatic N) is 1. The molecule has 156 valence electrons. The first-order valence-electron chi connectivity index (χ1n) is 9.63. The molecule has 3 rings (SSSR count). The molecule has 7 heteroatoms. The summed E-state index contributed by atoms with van der Waals surface area (Å²) >= 11 is 0. The Morgan fingerprint density at radius 2 is 1.86 bits per heavy atom. The van der Waals surface area contributed by atoms with E-state index in [9.17, 15) is 14.0 Å². The van der Waals surface area contributed by atoms with E-state index >= 15 is 0 Å². The third-order valence-electron chi connectivity index (χ3n) is 5.11. The molecule has 0 bridgehead atoms. The zero-order valence-corrected chi connectivity index (χ0v) is 17.3. The third-order valence-corrected chi connectivity index (χ3v) is 5.11. The predicted octanol–water partition coefficient (Wildman–Crippen LogP) is 3.15. The van der Waals surface area contributed by atoms with Crippen molar-refractivity contribution in [3.63, 3.8) is 0 Å². The van der Waals surface area contributed by atoms with Crippen LogP contribution in [0.2, 0.25) is 0 Å². The average molecular weight is 420 g/mol. The van der Waals surface area contributed by atoms with Gasteiger partial charge in [-0.25, -0.2) is 4.39 Å². The van der Waals surface area contributed by atoms with Gasteiger partial charge in [0.05, 0.1) is 11.5 Å². The summed E-state index contributed by atoms with van der Waals surface area (Å²) in [6.07, 6.45) is 1.44. The summed E-state index contributed by atoms with van der Waals surface area (Å²) in [5.74, 6) is -1.29. The van der Waals surface area contributed by atoms with Crippen molar-refractivity contribution >= 4 is 24.2 Å². The van der Waals surface area contributed by atoms with Crippen LogP contribution in [-0.4, -0.2) is 42.9 Å². The Kier molecular flexibility index (Phi) is 8.17. The maximum Gasteiger partial charge on any atom is 0.256 e. The van der Waals surface area contributed by atoms with Gasteiger partial charge in [0, 0.05) is 26.2 Å². The number of likely N-dealkylation sites (tertiary alicyclic amines) is 1. The Morgan fingerprint density at radius 1 is 1.17 bits per heavy atom. The van der Waals surface area contributed by atoms with Crippen LogP contribution in [0.5, 0.6) is 0 Å². The van der Waals surface area contributed by atoms with E-state index in [1.807, 2.05) is 31.2 Å². The Labute approximate surface area is 176 Å². The second-order valence-electron chi connectivity index (χ2n) is 7.23. The molecule has 2 amide bonds. The molecule has 1 aliphatic heterocycles. The van der Waals surface area contributed by atoms with Crippen molar-refractivity contribution in [2.24, 2.45) is 11.7 Å². The van der Waals surface area contributed by atoms with E-state index in [-0.39, 0.29) is 35.7 Å². The molecule has 1 atom stereocenters. The van der Waals surface area contributed by atoms with E-state index in [1.54, 1.807) is 11.0 Å². The summed E-state index contributed by atoms with van der Waals surface area (Å²) in [7, 11) is 0. The number of carbonyl (C=O) groups is 2. The Balaban J connectivity index is 0.00000300. The normalized spacial score (nSPS) is 16.1. The molecule has 0 aromatic heterocycles. The second kappa shape index (κ2) is 10.4. The van der Waals surface area contributed by atoms with Crippen LogP contribution < -0.4 is 11.1 Å². The van der Waals surface area contributed by atoms with Gasteiger partial charge in [-0.3, -0.25) is 9.59 Å². The Hall–Kier alpha value is -2.44. The quantitative estimate of drug-likeness (QED) is 0.781. The zero-order valence-electron chi connectivity index (χ0n) is 16.5. The first-order valence-corrected chi connectivity index (χ1v) is 9.63. The standard InChI is InChI=1S/C22H26FN3O2.ClH/c1-15-4-6-16(7-5-15)17-8-9-19(20(23)13-17)22(28)26-12-2-3-18(14-26)21(27)25-11-10-24;/h4-9,13,18H,2-3,10-12,14,24H2,1H3,(H,25,27);1H. The molecule has 1 aliphatic rings.